The first-order valence-corrected chi connectivity index (χ1v) is 9.32. The summed E-state index contributed by atoms with van der Waals surface area (Å²) < 4.78 is 11.2. The number of methoxy groups -OCH3 is 1. The molecule has 0 spiro atoms. The van der Waals surface area contributed by atoms with E-state index < -0.39 is 0 Å². The lowest BCUT2D eigenvalue weighted by atomic mass is 10.1. The Kier molecular flexibility index (Phi) is 6.82. The highest BCUT2D eigenvalue weighted by molar-refractivity contribution is 5.94. The van der Waals surface area contributed by atoms with Gasteiger partial charge in [-0.2, -0.15) is 0 Å². The number of carbonyl (C=O) groups is 1. The van der Waals surface area contributed by atoms with Crippen LogP contribution in [0.4, 0.5) is 0 Å². The van der Waals surface area contributed by atoms with Crippen molar-refractivity contribution in [2.24, 2.45) is 0 Å². The Labute approximate surface area is 166 Å². The maximum atomic E-state index is 12.7. The van der Waals surface area contributed by atoms with Crippen LogP contribution in [0.25, 0.3) is 0 Å². The Hall–Kier alpha value is -3.11. The zero-order valence-corrected chi connectivity index (χ0v) is 16.2. The zero-order chi connectivity index (χ0) is 19.8. The van der Waals surface area contributed by atoms with Gasteiger partial charge in [0.15, 0.2) is 0 Å². The van der Waals surface area contributed by atoms with E-state index in [1.165, 1.54) is 0 Å². The lowest BCUT2D eigenvalue weighted by Gasteiger charge is -2.16. The van der Waals surface area contributed by atoms with Gasteiger partial charge in [0.25, 0.3) is 5.91 Å². The summed E-state index contributed by atoms with van der Waals surface area (Å²) in [4.78, 5) is 12.7. The first-order valence-electron chi connectivity index (χ1n) is 9.32. The second kappa shape index (κ2) is 9.72. The fourth-order valence-electron chi connectivity index (χ4n) is 2.99. The molecule has 3 aromatic carbocycles. The molecule has 4 heteroatoms. The van der Waals surface area contributed by atoms with Crippen LogP contribution in [-0.4, -0.2) is 13.0 Å². The minimum atomic E-state index is -0.122. The minimum absolute atomic E-state index is 0.0754. The minimum Gasteiger partial charge on any atom is -0.496 e. The molecule has 0 bridgehead atoms. The lowest BCUT2D eigenvalue weighted by Crippen LogP contribution is -2.26. The highest BCUT2D eigenvalue weighted by atomic mass is 16.5. The largest absolute Gasteiger partial charge is 0.496 e. The van der Waals surface area contributed by atoms with Crippen molar-refractivity contribution in [3.8, 4) is 5.75 Å². The van der Waals surface area contributed by atoms with Crippen molar-refractivity contribution >= 4 is 5.91 Å². The maximum absolute atomic E-state index is 12.7. The molecule has 3 aromatic rings. The average molecular weight is 375 g/mol. The third-order valence-corrected chi connectivity index (χ3v) is 4.56. The van der Waals surface area contributed by atoms with Gasteiger partial charge in [0.05, 0.1) is 26.4 Å². The molecule has 0 saturated heterocycles. The van der Waals surface area contributed by atoms with Crippen LogP contribution in [0.1, 0.15) is 40.0 Å². The third-order valence-electron chi connectivity index (χ3n) is 4.56. The highest BCUT2D eigenvalue weighted by Crippen LogP contribution is 2.22. The van der Waals surface area contributed by atoms with Crippen molar-refractivity contribution in [1.29, 1.82) is 0 Å². The van der Waals surface area contributed by atoms with E-state index in [0.717, 1.165) is 16.7 Å². The highest BCUT2D eigenvalue weighted by Gasteiger charge is 2.14. The molecule has 0 radical (unpaired) electrons. The first kappa shape index (κ1) is 19.6. The summed E-state index contributed by atoms with van der Waals surface area (Å²) >= 11 is 0. The molecular weight excluding hydrogens is 350 g/mol. The molecule has 4 nitrogen and oxygen atoms in total. The molecule has 0 fully saturated rings. The standard InChI is InChI=1S/C24H25NO3/c1-18(20-11-7-4-8-12-20)25-24(26)21-13-14-23(27-2)22(15-21)17-28-16-19-9-5-3-6-10-19/h3-15,18H,16-17H2,1-2H3,(H,25,26)/t18-/m0/s1. The van der Waals surface area contributed by atoms with Crippen molar-refractivity contribution < 1.29 is 14.3 Å². The molecule has 1 amide bonds. The van der Waals surface area contributed by atoms with E-state index in [0.29, 0.717) is 24.5 Å². The smallest absolute Gasteiger partial charge is 0.251 e. The number of carbonyl (C=O) groups excluding carboxylic acids is 1. The maximum Gasteiger partial charge on any atom is 0.251 e. The molecule has 1 atom stereocenters. The van der Waals surface area contributed by atoms with Gasteiger partial charge in [-0.15, -0.1) is 0 Å². The molecule has 0 unspecified atom stereocenters. The summed E-state index contributed by atoms with van der Waals surface area (Å²) in [5.74, 6) is 0.587. The second-order valence-corrected chi connectivity index (χ2v) is 6.61. The molecule has 0 aliphatic heterocycles. The molecule has 0 aliphatic carbocycles. The Morgan fingerprint density at radius 3 is 2.29 bits per heavy atom. The molecule has 144 valence electrons. The van der Waals surface area contributed by atoms with Gasteiger partial charge in [-0.05, 0) is 36.2 Å². The van der Waals surface area contributed by atoms with Gasteiger partial charge in [-0.1, -0.05) is 60.7 Å². The Morgan fingerprint density at radius 2 is 1.61 bits per heavy atom. The van der Waals surface area contributed by atoms with Gasteiger partial charge in [0.2, 0.25) is 0 Å². The van der Waals surface area contributed by atoms with Gasteiger partial charge < -0.3 is 14.8 Å². The van der Waals surface area contributed by atoms with Crippen LogP contribution in [0.2, 0.25) is 0 Å². The van der Waals surface area contributed by atoms with Crippen molar-refractivity contribution in [3.05, 3.63) is 101 Å². The normalized spacial score (nSPS) is 11.6. The van der Waals surface area contributed by atoms with Crippen LogP contribution in [0, 0.1) is 0 Å². The Morgan fingerprint density at radius 1 is 0.929 bits per heavy atom. The van der Waals surface area contributed by atoms with E-state index in [1.54, 1.807) is 13.2 Å². The molecule has 0 heterocycles. The van der Waals surface area contributed by atoms with Crippen LogP contribution in [0.5, 0.6) is 5.75 Å². The van der Waals surface area contributed by atoms with Crippen LogP contribution >= 0.6 is 0 Å². The van der Waals surface area contributed by atoms with Gasteiger partial charge in [0, 0.05) is 11.1 Å². The van der Waals surface area contributed by atoms with E-state index in [2.05, 4.69) is 5.32 Å². The van der Waals surface area contributed by atoms with Crippen LogP contribution in [-0.2, 0) is 18.0 Å². The van der Waals surface area contributed by atoms with Crippen LogP contribution < -0.4 is 10.1 Å². The van der Waals surface area contributed by atoms with Crippen molar-refractivity contribution in [2.75, 3.05) is 7.11 Å². The van der Waals surface area contributed by atoms with Crippen LogP contribution in [0.3, 0.4) is 0 Å². The fourth-order valence-corrected chi connectivity index (χ4v) is 2.99. The first-order chi connectivity index (χ1) is 13.7. The number of hydrogen-bond donors (Lipinski definition) is 1. The number of benzene rings is 3. The van der Waals surface area contributed by atoms with Crippen molar-refractivity contribution in [1.82, 2.24) is 5.32 Å². The molecule has 0 aromatic heterocycles. The summed E-state index contributed by atoms with van der Waals surface area (Å²) in [6.07, 6.45) is 0. The van der Waals surface area contributed by atoms with Gasteiger partial charge in [-0.3, -0.25) is 4.79 Å². The third kappa shape index (κ3) is 5.21. The number of hydrogen-bond acceptors (Lipinski definition) is 3. The van der Waals surface area contributed by atoms with E-state index >= 15 is 0 Å². The number of rotatable bonds is 8. The average Bonchev–Trinajstić information content (AvgIpc) is 2.75. The topological polar surface area (TPSA) is 47.6 Å². The van der Waals surface area contributed by atoms with Crippen LogP contribution in [0.15, 0.2) is 78.9 Å². The second-order valence-electron chi connectivity index (χ2n) is 6.61. The van der Waals surface area contributed by atoms with E-state index in [4.69, 9.17) is 9.47 Å². The molecule has 3 rings (SSSR count). The molecular formula is C24H25NO3. The zero-order valence-electron chi connectivity index (χ0n) is 16.2. The van der Waals surface area contributed by atoms with Gasteiger partial charge in [-0.25, -0.2) is 0 Å². The number of amides is 1. The number of nitrogens with one attached hydrogen (secondary N) is 1. The summed E-state index contributed by atoms with van der Waals surface area (Å²) in [6.45, 7) is 2.85. The Bertz CT molecular complexity index is 894. The van der Waals surface area contributed by atoms with Crippen molar-refractivity contribution in [2.45, 2.75) is 26.2 Å². The Balaban J connectivity index is 1.66. The van der Waals surface area contributed by atoms with E-state index in [-0.39, 0.29) is 11.9 Å². The molecule has 0 saturated carbocycles. The summed E-state index contributed by atoms with van der Waals surface area (Å²) in [5.41, 5.74) is 3.60. The number of ether oxygens (including phenoxy) is 2. The van der Waals surface area contributed by atoms with Gasteiger partial charge >= 0.3 is 0 Å². The summed E-state index contributed by atoms with van der Waals surface area (Å²) in [5, 5.41) is 3.04. The molecule has 28 heavy (non-hydrogen) atoms. The monoisotopic (exact) mass is 375 g/mol. The quantitative estimate of drug-likeness (QED) is 0.609. The SMILES string of the molecule is COc1ccc(C(=O)N[C@@H](C)c2ccccc2)cc1COCc1ccccc1. The predicted octanol–water partition coefficient (Wildman–Crippen LogP) is 4.90. The molecule has 0 aliphatic rings. The van der Waals surface area contributed by atoms with E-state index in [1.807, 2.05) is 79.7 Å². The lowest BCUT2D eigenvalue weighted by molar-refractivity contribution is 0.0937. The fraction of sp³-hybridized carbons (Fsp3) is 0.208. The van der Waals surface area contributed by atoms with Crippen molar-refractivity contribution in [3.63, 3.8) is 0 Å². The summed E-state index contributed by atoms with van der Waals surface area (Å²) in [6, 6.07) is 25.2. The molecule has 1 N–H and O–H groups in total. The summed E-state index contributed by atoms with van der Waals surface area (Å²) in [7, 11) is 1.62. The predicted molar refractivity (Wildman–Crippen MR) is 110 cm³/mol. The van der Waals surface area contributed by atoms with E-state index in [9.17, 15) is 4.79 Å². The van der Waals surface area contributed by atoms with Gasteiger partial charge in [0.1, 0.15) is 5.75 Å².